The average Bonchev–Trinajstić information content (AvgIpc) is 3.34. The second-order valence-corrected chi connectivity index (χ2v) is 12.6. The fourth-order valence-corrected chi connectivity index (χ4v) is 6.97. The number of rotatable bonds is 13. The number of esters is 2. The molecule has 8 heteroatoms. The molecular formula is C35H38BrNO5S. The Hall–Kier alpha value is -3.49. The van der Waals surface area contributed by atoms with Gasteiger partial charge in [-0.3, -0.25) is 4.79 Å². The predicted octanol–water partition coefficient (Wildman–Crippen LogP) is 8.79. The van der Waals surface area contributed by atoms with Crippen molar-refractivity contribution in [3.63, 3.8) is 0 Å². The lowest BCUT2D eigenvalue weighted by molar-refractivity contribution is -0.159. The molecule has 0 radical (unpaired) electrons. The molecular weight excluding hydrogens is 626 g/mol. The number of hydrogen-bond acceptors (Lipinski definition) is 6. The summed E-state index contributed by atoms with van der Waals surface area (Å²) in [4.78, 5) is 41.8. The molecule has 1 aromatic heterocycles. The van der Waals surface area contributed by atoms with Crippen molar-refractivity contribution in [3.8, 4) is 10.4 Å². The summed E-state index contributed by atoms with van der Waals surface area (Å²) >= 11 is 5.46. The van der Waals surface area contributed by atoms with Crippen molar-refractivity contribution in [3.05, 3.63) is 94.0 Å². The van der Waals surface area contributed by atoms with E-state index in [1.807, 2.05) is 62.4 Å². The predicted molar refractivity (Wildman–Crippen MR) is 176 cm³/mol. The number of amides is 1. The maximum Gasteiger partial charge on any atom is 0.338 e. The molecule has 0 bridgehead atoms. The lowest BCUT2D eigenvalue weighted by Crippen LogP contribution is -2.48. The van der Waals surface area contributed by atoms with Gasteiger partial charge in [0.2, 0.25) is 5.91 Å². The zero-order valence-electron chi connectivity index (χ0n) is 25.1. The van der Waals surface area contributed by atoms with Crippen molar-refractivity contribution in [1.29, 1.82) is 0 Å². The normalized spacial score (nSPS) is 11.9. The van der Waals surface area contributed by atoms with Gasteiger partial charge in [0.05, 0.1) is 12.2 Å². The summed E-state index contributed by atoms with van der Waals surface area (Å²) in [6.45, 7) is 8.54. The first-order chi connectivity index (χ1) is 20.7. The quantitative estimate of drug-likeness (QED) is 0.134. The molecule has 0 N–H and O–H groups in total. The van der Waals surface area contributed by atoms with Crippen molar-refractivity contribution >= 4 is 55.2 Å². The Labute approximate surface area is 266 Å². The standard InChI is InChI=1S/C35H38BrNO5S/c1-5-7-13-30(38)37(32(23(3)4)35(40)42-22-24-11-9-8-10-12-24)21-25-14-19-29-28(20-25)31(36)33(43-29)26-15-17-27(18-16-26)34(39)41-6-2/h8-12,14-20,23,32H,5-7,13,21-22H2,1-4H3. The molecule has 0 aliphatic carbocycles. The number of unbranched alkanes of at least 4 members (excludes halogenated alkanes) is 1. The maximum atomic E-state index is 13.5. The summed E-state index contributed by atoms with van der Waals surface area (Å²) < 4.78 is 12.9. The highest BCUT2D eigenvalue weighted by atomic mass is 79.9. The molecule has 6 nitrogen and oxygen atoms in total. The van der Waals surface area contributed by atoms with Gasteiger partial charge in [-0.25, -0.2) is 9.59 Å². The van der Waals surface area contributed by atoms with Crippen LogP contribution in [0.4, 0.5) is 0 Å². The van der Waals surface area contributed by atoms with Gasteiger partial charge in [0, 0.05) is 32.4 Å². The van der Waals surface area contributed by atoms with E-state index in [-0.39, 0.29) is 24.4 Å². The molecule has 1 unspecified atom stereocenters. The molecule has 226 valence electrons. The van der Waals surface area contributed by atoms with Crippen LogP contribution in [0, 0.1) is 5.92 Å². The summed E-state index contributed by atoms with van der Waals surface area (Å²) in [6, 6.07) is 22.4. The summed E-state index contributed by atoms with van der Waals surface area (Å²) in [5.41, 5.74) is 3.34. The van der Waals surface area contributed by atoms with Gasteiger partial charge in [0.25, 0.3) is 0 Å². The van der Waals surface area contributed by atoms with Crippen LogP contribution in [0.5, 0.6) is 0 Å². The first kappa shape index (κ1) is 32.4. The molecule has 0 aliphatic heterocycles. The molecule has 4 rings (SSSR count). The fraction of sp³-hybridized carbons (Fsp3) is 0.343. The van der Waals surface area contributed by atoms with Crippen molar-refractivity contribution in [2.75, 3.05) is 6.61 Å². The third kappa shape index (κ3) is 8.12. The number of hydrogen-bond donors (Lipinski definition) is 0. The Kier molecular flexibility index (Phi) is 11.5. The van der Waals surface area contributed by atoms with E-state index in [0.717, 1.165) is 49.0 Å². The van der Waals surface area contributed by atoms with E-state index in [2.05, 4.69) is 35.0 Å². The van der Waals surface area contributed by atoms with Crippen LogP contribution < -0.4 is 0 Å². The molecule has 0 fully saturated rings. The van der Waals surface area contributed by atoms with Crippen LogP contribution in [0.25, 0.3) is 20.5 Å². The topological polar surface area (TPSA) is 72.9 Å². The SMILES string of the molecule is CCCCC(=O)N(Cc1ccc2sc(-c3ccc(C(=O)OCC)cc3)c(Br)c2c1)C(C(=O)OCc1ccccc1)C(C)C. The first-order valence-corrected chi connectivity index (χ1v) is 16.3. The second kappa shape index (κ2) is 15.3. The van der Waals surface area contributed by atoms with E-state index in [9.17, 15) is 14.4 Å². The average molecular weight is 665 g/mol. The minimum absolute atomic E-state index is 0.0518. The molecule has 1 amide bonds. The Morgan fingerprint density at radius 3 is 2.28 bits per heavy atom. The molecule has 43 heavy (non-hydrogen) atoms. The van der Waals surface area contributed by atoms with Crippen LogP contribution in [0.1, 0.15) is 68.4 Å². The number of halogens is 1. The van der Waals surface area contributed by atoms with Gasteiger partial charge in [-0.15, -0.1) is 11.3 Å². The first-order valence-electron chi connectivity index (χ1n) is 14.7. The molecule has 4 aromatic rings. The summed E-state index contributed by atoms with van der Waals surface area (Å²) in [7, 11) is 0. The molecule has 0 saturated carbocycles. The Balaban J connectivity index is 1.61. The minimum atomic E-state index is -0.705. The highest BCUT2D eigenvalue weighted by Gasteiger charge is 2.33. The number of ether oxygens (including phenoxy) is 2. The van der Waals surface area contributed by atoms with E-state index in [1.165, 1.54) is 0 Å². The molecule has 1 atom stereocenters. The monoisotopic (exact) mass is 663 g/mol. The van der Waals surface area contributed by atoms with Crippen molar-refractivity contribution in [2.45, 2.75) is 66.2 Å². The van der Waals surface area contributed by atoms with E-state index in [4.69, 9.17) is 9.47 Å². The molecule has 3 aromatic carbocycles. The third-order valence-corrected chi connectivity index (χ3v) is 9.51. The Morgan fingerprint density at radius 2 is 1.63 bits per heavy atom. The third-order valence-electron chi connectivity index (χ3n) is 7.20. The van der Waals surface area contributed by atoms with Crippen molar-refractivity contribution < 1.29 is 23.9 Å². The Morgan fingerprint density at radius 1 is 0.907 bits per heavy atom. The zero-order valence-corrected chi connectivity index (χ0v) is 27.5. The number of carbonyl (C=O) groups is 3. The van der Waals surface area contributed by atoms with Crippen LogP contribution in [0.3, 0.4) is 0 Å². The largest absolute Gasteiger partial charge is 0.462 e. The molecule has 1 heterocycles. The van der Waals surface area contributed by atoms with Gasteiger partial charge in [0.15, 0.2) is 0 Å². The summed E-state index contributed by atoms with van der Waals surface area (Å²) in [5, 5.41) is 1.03. The molecule has 0 aliphatic rings. The summed E-state index contributed by atoms with van der Waals surface area (Å²) in [6.07, 6.45) is 2.02. The van der Waals surface area contributed by atoms with Gasteiger partial charge in [-0.1, -0.05) is 75.7 Å². The number of benzene rings is 3. The van der Waals surface area contributed by atoms with E-state index < -0.39 is 12.0 Å². The van der Waals surface area contributed by atoms with Crippen LogP contribution in [0.15, 0.2) is 77.3 Å². The highest BCUT2D eigenvalue weighted by Crippen LogP contribution is 2.42. The molecule has 0 spiro atoms. The number of fused-ring (bicyclic) bond motifs is 1. The van der Waals surface area contributed by atoms with Gasteiger partial charge in [-0.2, -0.15) is 0 Å². The highest BCUT2D eigenvalue weighted by molar-refractivity contribution is 9.10. The van der Waals surface area contributed by atoms with Crippen LogP contribution in [-0.4, -0.2) is 35.4 Å². The minimum Gasteiger partial charge on any atom is -0.462 e. The van der Waals surface area contributed by atoms with E-state index >= 15 is 0 Å². The lowest BCUT2D eigenvalue weighted by Gasteiger charge is -2.33. The zero-order chi connectivity index (χ0) is 30.9. The van der Waals surface area contributed by atoms with Crippen molar-refractivity contribution in [2.24, 2.45) is 5.92 Å². The number of carbonyl (C=O) groups excluding carboxylic acids is 3. The van der Waals surface area contributed by atoms with E-state index in [0.29, 0.717) is 25.1 Å². The lowest BCUT2D eigenvalue weighted by atomic mass is 10.00. The van der Waals surface area contributed by atoms with Crippen molar-refractivity contribution in [1.82, 2.24) is 4.90 Å². The van der Waals surface area contributed by atoms with Gasteiger partial charge < -0.3 is 14.4 Å². The fourth-order valence-electron chi connectivity index (χ4n) is 4.95. The second-order valence-electron chi connectivity index (χ2n) is 10.8. The van der Waals surface area contributed by atoms with Gasteiger partial charge in [-0.05, 0) is 76.1 Å². The number of thiophene rings is 1. The van der Waals surface area contributed by atoms with E-state index in [1.54, 1.807) is 35.3 Å². The van der Waals surface area contributed by atoms with Crippen LogP contribution in [-0.2, 0) is 32.2 Å². The molecule has 0 saturated heterocycles. The number of nitrogens with zero attached hydrogens (tertiary/aromatic N) is 1. The summed E-state index contributed by atoms with van der Waals surface area (Å²) in [5.74, 6) is -0.912. The smallest absolute Gasteiger partial charge is 0.338 e. The van der Waals surface area contributed by atoms with Crippen LogP contribution in [0.2, 0.25) is 0 Å². The Bertz CT molecular complexity index is 1550. The van der Waals surface area contributed by atoms with Crippen LogP contribution >= 0.6 is 27.3 Å². The van der Waals surface area contributed by atoms with Gasteiger partial charge >= 0.3 is 11.9 Å². The van der Waals surface area contributed by atoms with Gasteiger partial charge in [0.1, 0.15) is 12.6 Å². The maximum absolute atomic E-state index is 13.5.